The normalized spacial score (nSPS) is 13.1. The van der Waals surface area contributed by atoms with Crippen LogP contribution in [-0.4, -0.2) is 24.5 Å². The number of carbonyl (C=O) groups excluding carboxylic acids is 2. The number of hydrogen-bond acceptors (Lipinski definition) is 3. The largest absolute Gasteiger partial charge is 0.497 e. The SMILES string of the molecule is COc1ccc(C(CC(=O)NC(C)(C)CC(C)(C)C)NC(C)=O)cc1. The van der Waals surface area contributed by atoms with Gasteiger partial charge in [-0.25, -0.2) is 0 Å². The topological polar surface area (TPSA) is 67.4 Å². The van der Waals surface area contributed by atoms with Gasteiger partial charge in [-0.1, -0.05) is 32.9 Å². The first-order chi connectivity index (χ1) is 11.4. The summed E-state index contributed by atoms with van der Waals surface area (Å²) >= 11 is 0. The summed E-state index contributed by atoms with van der Waals surface area (Å²) in [7, 11) is 1.60. The van der Waals surface area contributed by atoms with Crippen LogP contribution >= 0.6 is 0 Å². The van der Waals surface area contributed by atoms with E-state index in [9.17, 15) is 9.59 Å². The molecule has 0 saturated heterocycles. The van der Waals surface area contributed by atoms with E-state index in [0.717, 1.165) is 17.7 Å². The molecule has 2 N–H and O–H groups in total. The average molecular weight is 348 g/mol. The van der Waals surface area contributed by atoms with Crippen LogP contribution in [0.5, 0.6) is 5.75 Å². The number of methoxy groups -OCH3 is 1. The number of carbonyl (C=O) groups is 2. The first-order valence-electron chi connectivity index (χ1n) is 8.64. The summed E-state index contributed by atoms with van der Waals surface area (Å²) in [5.74, 6) is 0.493. The second-order valence-corrected chi connectivity index (χ2v) is 8.40. The number of ether oxygens (including phenoxy) is 1. The van der Waals surface area contributed by atoms with Crippen molar-refractivity contribution in [3.05, 3.63) is 29.8 Å². The van der Waals surface area contributed by atoms with Crippen LogP contribution in [0.15, 0.2) is 24.3 Å². The lowest BCUT2D eigenvalue weighted by Crippen LogP contribution is -2.46. The summed E-state index contributed by atoms with van der Waals surface area (Å²) in [6.07, 6.45) is 1.05. The summed E-state index contributed by atoms with van der Waals surface area (Å²) in [6.45, 7) is 12.0. The van der Waals surface area contributed by atoms with Gasteiger partial charge in [-0.15, -0.1) is 0 Å². The number of amides is 2. The molecule has 1 atom stereocenters. The molecule has 1 aromatic rings. The highest BCUT2D eigenvalue weighted by Gasteiger charge is 2.28. The lowest BCUT2D eigenvalue weighted by atomic mass is 9.81. The van der Waals surface area contributed by atoms with Crippen LogP contribution in [-0.2, 0) is 9.59 Å². The Morgan fingerprint density at radius 2 is 1.64 bits per heavy atom. The Balaban J connectivity index is 2.83. The molecule has 0 fully saturated rings. The molecular weight excluding hydrogens is 316 g/mol. The lowest BCUT2D eigenvalue weighted by Gasteiger charge is -2.33. The van der Waals surface area contributed by atoms with E-state index >= 15 is 0 Å². The van der Waals surface area contributed by atoms with Gasteiger partial charge < -0.3 is 15.4 Å². The van der Waals surface area contributed by atoms with Gasteiger partial charge in [0.1, 0.15) is 5.75 Å². The fraction of sp³-hybridized carbons (Fsp3) is 0.600. The maximum absolute atomic E-state index is 12.5. The van der Waals surface area contributed by atoms with Crippen molar-refractivity contribution in [3.8, 4) is 5.75 Å². The Labute approximate surface area is 151 Å². The molecule has 0 saturated carbocycles. The maximum Gasteiger partial charge on any atom is 0.222 e. The molecule has 140 valence electrons. The van der Waals surface area contributed by atoms with E-state index in [-0.39, 0.29) is 35.2 Å². The smallest absolute Gasteiger partial charge is 0.222 e. The van der Waals surface area contributed by atoms with Crippen molar-refractivity contribution < 1.29 is 14.3 Å². The third-order valence-corrected chi connectivity index (χ3v) is 3.74. The summed E-state index contributed by atoms with van der Waals surface area (Å²) in [5, 5.41) is 5.95. The highest BCUT2D eigenvalue weighted by Crippen LogP contribution is 2.27. The van der Waals surface area contributed by atoms with Gasteiger partial charge in [-0.2, -0.15) is 0 Å². The molecule has 0 aliphatic carbocycles. The molecule has 0 aliphatic rings. The molecule has 2 amide bonds. The third kappa shape index (κ3) is 8.05. The van der Waals surface area contributed by atoms with E-state index in [4.69, 9.17) is 4.74 Å². The van der Waals surface area contributed by atoms with Crippen LogP contribution in [0.3, 0.4) is 0 Å². The molecule has 1 aromatic carbocycles. The zero-order valence-corrected chi connectivity index (χ0v) is 16.5. The lowest BCUT2D eigenvalue weighted by molar-refractivity contribution is -0.124. The fourth-order valence-corrected chi connectivity index (χ4v) is 3.32. The predicted molar refractivity (Wildman–Crippen MR) is 100 cm³/mol. The highest BCUT2D eigenvalue weighted by molar-refractivity contribution is 5.79. The number of nitrogens with one attached hydrogen (secondary N) is 2. The van der Waals surface area contributed by atoms with Crippen LogP contribution in [0.4, 0.5) is 0 Å². The van der Waals surface area contributed by atoms with Gasteiger partial charge in [-0.05, 0) is 43.4 Å². The van der Waals surface area contributed by atoms with Gasteiger partial charge >= 0.3 is 0 Å². The van der Waals surface area contributed by atoms with Crippen molar-refractivity contribution in [2.24, 2.45) is 5.41 Å². The zero-order chi connectivity index (χ0) is 19.3. The summed E-state index contributed by atoms with van der Waals surface area (Å²) in [5.41, 5.74) is 0.680. The molecule has 0 heterocycles. The predicted octanol–water partition coefficient (Wildman–Crippen LogP) is 3.59. The minimum atomic E-state index is -0.367. The number of hydrogen-bond donors (Lipinski definition) is 2. The van der Waals surface area contributed by atoms with Gasteiger partial charge in [0.2, 0.25) is 11.8 Å². The van der Waals surface area contributed by atoms with Crippen molar-refractivity contribution in [2.75, 3.05) is 7.11 Å². The van der Waals surface area contributed by atoms with Gasteiger partial charge in [0.15, 0.2) is 0 Å². The quantitative estimate of drug-likeness (QED) is 0.791. The standard InChI is InChI=1S/C20H32N2O3/c1-14(23)21-17(15-8-10-16(25-7)11-9-15)12-18(24)22-20(5,6)13-19(2,3)4/h8-11,17H,12-13H2,1-7H3,(H,21,23)(H,22,24). The van der Waals surface area contributed by atoms with Crippen LogP contribution in [0.25, 0.3) is 0 Å². The Kier molecular flexibility index (Phi) is 7.03. The van der Waals surface area contributed by atoms with E-state index in [2.05, 4.69) is 31.4 Å². The molecule has 1 rings (SSSR count). The van der Waals surface area contributed by atoms with Crippen LogP contribution in [0.2, 0.25) is 0 Å². The Morgan fingerprint density at radius 3 is 2.08 bits per heavy atom. The van der Waals surface area contributed by atoms with Crippen molar-refractivity contribution in [2.45, 2.75) is 66.0 Å². The van der Waals surface area contributed by atoms with Crippen molar-refractivity contribution in [3.63, 3.8) is 0 Å². The van der Waals surface area contributed by atoms with Crippen molar-refractivity contribution >= 4 is 11.8 Å². The van der Waals surface area contributed by atoms with Crippen molar-refractivity contribution in [1.82, 2.24) is 10.6 Å². The van der Waals surface area contributed by atoms with Crippen molar-refractivity contribution in [1.29, 1.82) is 0 Å². The fourth-order valence-electron chi connectivity index (χ4n) is 3.32. The number of rotatable bonds is 7. The molecular formula is C20H32N2O3. The molecule has 0 radical (unpaired) electrons. The van der Waals surface area contributed by atoms with Gasteiger partial charge in [0, 0.05) is 12.5 Å². The van der Waals surface area contributed by atoms with Crippen LogP contribution in [0, 0.1) is 5.41 Å². The molecule has 5 nitrogen and oxygen atoms in total. The average Bonchev–Trinajstić information content (AvgIpc) is 2.42. The van der Waals surface area contributed by atoms with E-state index in [1.165, 1.54) is 6.92 Å². The molecule has 1 unspecified atom stereocenters. The minimum Gasteiger partial charge on any atom is -0.497 e. The summed E-state index contributed by atoms with van der Waals surface area (Å²) < 4.78 is 5.16. The Morgan fingerprint density at radius 1 is 1.08 bits per heavy atom. The molecule has 5 heteroatoms. The number of benzene rings is 1. The van der Waals surface area contributed by atoms with Gasteiger partial charge in [0.25, 0.3) is 0 Å². The molecule has 0 aliphatic heterocycles. The Hall–Kier alpha value is -2.04. The molecule has 0 aromatic heterocycles. The summed E-state index contributed by atoms with van der Waals surface area (Å²) in [4.78, 5) is 24.1. The van der Waals surface area contributed by atoms with Gasteiger partial charge in [0.05, 0.1) is 19.6 Å². The van der Waals surface area contributed by atoms with E-state index < -0.39 is 0 Å². The maximum atomic E-state index is 12.5. The Bertz CT molecular complexity index is 586. The van der Waals surface area contributed by atoms with E-state index in [1.54, 1.807) is 7.11 Å². The van der Waals surface area contributed by atoms with Crippen LogP contribution in [0.1, 0.15) is 66.0 Å². The van der Waals surface area contributed by atoms with E-state index in [0.29, 0.717) is 0 Å². The molecule has 0 spiro atoms. The van der Waals surface area contributed by atoms with E-state index in [1.807, 2.05) is 38.1 Å². The second-order valence-electron chi connectivity index (χ2n) is 8.40. The first kappa shape index (κ1) is 21.0. The first-order valence-corrected chi connectivity index (χ1v) is 8.64. The summed E-state index contributed by atoms with van der Waals surface area (Å²) in [6, 6.07) is 7.02. The van der Waals surface area contributed by atoms with Crippen LogP contribution < -0.4 is 15.4 Å². The highest BCUT2D eigenvalue weighted by atomic mass is 16.5. The minimum absolute atomic E-state index is 0.0798. The monoisotopic (exact) mass is 348 g/mol. The van der Waals surface area contributed by atoms with Gasteiger partial charge in [-0.3, -0.25) is 9.59 Å². The zero-order valence-electron chi connectivity index (χ0n) is 16.5. The second kappa shape index (κ2) is 8.37. The third-order valence-electron chi connectivity index (χ3n) is 3.74. The molecule has 0 bridgehead atoms. The molecule has 25 heavy (non-hydrogen) atoms.